The Bertz CT molecular complexity index is 345. The SMILES string of the molecule is CCCCC(N)c1nc(N2CCCCCC2)no1. The zero-order valence-electron chi connectivity index (χ0n) is 11.3. The van der Waals surface area contributed by atoms with Crippen LogP contribution in [0.4, 0.5) is 5.95 Å². The van der Waals surface area contributed by atoms with Crippen LogP contribution in [-0.2, 0) is 0 Å². The first-order chi connectivity index (χ1) is 8.81. The van der Waals surface area contributed by atoms with Crippen LogP contribution in [0.3, 0.4) is 0 Å². The minimum Gasteiger partial charge on any atom is -0.338 e. The molecule has 0 bridgehead atoms. The fraction of sp³-hybridized carbons (Fsp3) is 0.846. The first-order valence-electron chi connectivity index (χ1n) is 7.15. The van der Waals surface area contributed by atoms with Crippen molar-refractivity contribution in [3.63, 3.8) is 0 Å². The van der Waals surface area contributed by atoms with Crippen LogP contribution in [0.5, 0.6) is 0 Å². The summed E-state index contributed by atoms with van der Waals surface area (Å²) in [6.07, 6.45) is 8.19. The molecule has 0 aliphatic carbocycles. The van der Waals surface area contributed by atoms with E-state index in [0.717, 1.165) is 38.3 Å². The zero-order chi connectivity index (χ0) is 12.8. The Morgan fingerprint density at radius 3 is 2.67 bits per heavy atom. The second-order valence-corrected chi connectivity index (χ2v) is 5.08. The van der Waals surface area contributed by atoms with E-state index in [1.165, 1.54) is 25.7 Å². The van der Waals surface area contributed by atoms with Crippen LogP contribution in [0, 0.1) is 0 Å². The van der Waals surface area contributed by atoms with Gasteiger partial charge in [-0.05, 0) is 24.4 Å². The lowest BCUT2D eigenvalue weighted by Gasteiger charge is -2.16. The molecule has 1 saturated heterocycles. The molecule has 0 radical (unpaired) electrons. The Labute approximate surface area is 109 Å². The van der Waals surface area contributed by atoms with Crippen LogP contribution < -0.4 is 10.6 Å². The third kappa shape index (κ3) is 3.45. The van der Waals surface area contributed by atoms with Gasteiger partial charge in [0.15, 0.2) is 0 Å². The predicted octanol–water partition coefficient (Wildman–Crippen LogP) is 2.64. The van der Waals surface area contributed by atoms with E-state index >= 15 is 0 Å². The number of unbranched alkanes of at least 4 members (excludes halogenated alkanes) is 1. The van der Waals surface area contributed by atoms with Gasteiger partial charge in [0, 0.05) is 13.1 Å². The highest BCUT2D eigenvalue weighted by Gasteiger charge is 2.19. The van der Waals surface area contributed by atoms with Gasteiger partial charge in [-0.25, -0.2) is 0 Å². The molecule has 1 atom stereocenters. The van der Waals surface area contributed by atoms with Crippen molar-refractivity contribution in [2.24, 2.45) is 5.73 Å². The highest BCUT2D eigenvalue weighted by molar-refractivity contribution is 5.27. The van der Waals surface area contributed by atoms with Gasteiger partial charge in [0.2, 0.25) is 5.89 Å². The number of nitrogens with two attached hydrogens (primary N) is 1. The first-order valence-corrected chi connectivity index (χ1v) is 7.15. The van der Waals surface area contributed by atoms with E-state index in [4.69, 9.17) is 10.3 Å². The van der Waals surface area contributed by atoms with Gasteiger partial charge in [0.25, 0.3) is 5.95 Å². The molecule has 0 saturated carbocycles. The highest BCUT2D eigenvalue weighted by atomic mass is 16.5. The molecule has 5 nitrogen and oxygen atoms in total. The Morgan fingerprint density at radius 2 is 2.00 bits per heavy atom. The van der Waals surface area contributed by atoms with E-state index in [-0.39, 0.29) is 6.04 Å². The van der Waals surface area contributed by atoms with Gasteiger partial charge in [0.1, 0.15) is 0 Å². The third-order valence-corrected chi connectivity index (χ3v) is 3.51. The molecular weight excluding hydrogens is 228 g/mol. The van der Waals surface area contributed by atoms with E-state index in [1.54, 1.807) is 0 Å². The van der Waals surface area contributed by atoms with E-state index in [2.05, 4.69) is 22.0 Å². The number of aromatic nitrogens is 2. The second-order valence-electron chi connectivity index (χ2n) is 5.08. The predicted molar refractivity (Wildman–Crippen MR) is 71.4 cm³/mol. The minimum absolute atomic E-state index is 0.113. The summed E-state index contributed by atoms with van der Waals surface area (Å²) in [5, 5.41) is 4.07. The third-order valence-electron chi connectivity index (χ3n) is 3.51. The maximum atomic E-state index is 6.04. The van der Waals surface area contributed by atoms with Crippen LogP contribution >= 0.6 is 0 Å². The first kappa shape index (κ1) is 13.3. The van der Waals surface area contributed by atoms with Crippen molar-refractivity contribution < 1.29 is 4.52 Å². The molecule has 18 heavy (non-hydrogen) atoms. The number of hydrogen-bond acceptors (Lipinski definition) is 5. The molecule has 1 unspecified atom stereocenters. The molecule has 2 rings (SSSR count). The van der Waals surface area contributed by atoms with Gasteiger partial charge in [-0.2, -0.15) is 4.98 Å². The fourth-order valence-electron chi connectivity index (χ4n) is 2.32. The van der Waals surface area contributed by atoms with Gasteiger partial charge in [-0.1, -0.05) is 32.6 Å². The van der Waals surface area contributed by atoms with Crippen LogP contribution in [0.15, 0.2) is 4.52 Å². The van der Waals surface area contributed by atoms with Crippen LogP contribution in [-0.4, -0.2) is 23.2 Å². The summed E-state index contributed by atoms with van der Waals surface area (Å²) in [5.74, 6) is 1.31. The minimum atomic E-state index is -0.113. The summed E-state index contributed by atoms with van der Waals surface area (Å²) in [6.45, 7) is 4.22. The maximum absolute atomic E-state index is 6.04. The normalized spacial score (nSPS) is 18.7. The summed E-state index contributed by atoms with van der Waals surface area (Å²) in [7, 11) is 0. The van der Waals surface area contributed by atoms with E-state index in [9.17, 15) is 0 Å². The molecule has 1 aliphatic rings. The maximum Gasteiger partial charge on any atom is 0.266 e. The second kappa shape index (κ2) is 6.73. The lowest BCUT2D eigenvalue weighted by atomic mass is 10.1. The Morgan fingerprint density at radius 1 is 1.28 bits per heavy atom. The van der Waals surface area contributed by atoms with Crippen molar-refractivity contribution in [2.75, 3.05) is 18.0 Å². The van der Waals surface area contributed by atoms with Crippen molar-refractivity contribution in [1.29, 1.82) is 0 Å². The van der Waals surface area contributed by atoms with E-state index in [0.29, 0.717) is 5.89 Å². The Kier molecular flexibility index (Phi) is 4.99. The van der Waals surface area contributed by atoms with Gasteiger partial charge >= 0.3 is 0 Å². The standard InChI is InChI=1S/C13H24N4O/c1-2-3-8-11(14)12-15-13(16-18-12)17-9-6-4-5-7-10-17/h11H,2-10,14H2,1H3. The summed E-state index contributed by atoms with van der Waals surface area (Å²) >= 11 is 0. The van der Waals surface area contributed by atoms with E-state index < -0.39 is 0 Å². The molecule has 1 aromatic heterocycles. The molecule has 1 fully saturated rings. The quantitative estimate of drug-likeness (QED) is 0.872. The molecule has 1 aliphatic heterocycles. The van der Waals surface area contributed by atoms with Gasteiger partial charge in [0.05, 0.1) is 6.04 Å². The molecule has 102 valence electrons. The molecule has 0 spiro atoms. The van der Waals surface area contributed by atoms with Crippen molar-refractivity contribution >= 4 is 5.95 Å². The number of nitrogens with zero attached hydrogens (tertiary/aromatic N) is 3. The number of anilines is 1. The molecule has 0 aromatic carbocycles. The molecule has 1 aromatic rings. The summed E-state index contributed by atoms with van der Waals surface area (Å²) in [6, 6.07) is -0.113. The summed E-state index contributed by atoms with van der Waals surface area (Å²) in [4.78, 5) is 6.67. The number of rotatable bonds is 5. The van der Waals surface area contributed by atoms with Crippen molar-refractivity contribution in [3.05, 3.63) is 5.89 Å². The van der Waals surface area contributed by atoms with Gasteiger partial charge < -0.3 is 15.2 Å². The molecule has 0 amide bonds. The monoisotopic (exact) mass is 252 g/mol. The zero-order valence-corrected chi connectivity index (χ0v) is 11.3. The van der Waals surface area contributed by atoms with Crippen LogP contribution in [0.1, 0.15) is 63.8 Å². The average molecular weight is 252 g/mol. The van der Waals surface area contributed by atoms with Crippen molar-refractivity contribution in [1.82, 2.24) is 10.1 Å². The number of hydrogen-bond donors (Lipinski definition) is 1. The smallest absolute Gasteiger partial charge is 0.266 e. The lowest BCUT2D eigenvalue weighted by Crippen LogP contribution is -2.25. The fourth-order valence-corrected chi connectivity index (χ4v) is 2.32. The van der Waals surface area contributed by atoms with Crippen molar-refractivity contribution in [2.45, 2.75) is 57.9 Å². The van der Waals surface area contributed by atoms with Crippen LogP contribution in [0.25, 0.3) is 0 Å². The highest BCUT2D eigenvalue weighted by Crippen LogP contribution is 2.20. The molecular formula is C13H24N4O. The summed E-state index contributed by atoms with van der Waals surface area (Å²) < 4.78 is 5.29. The molecule has 5 heteroatoms. The molecule has 2 N–H and O–H groups in total. The largest absolute Gasteiger partial charge is 0.338 e. The Hall–Kier alpha value is -1.10. The van der Waals surface area contributed by atoms with Gasteiger partial charge in [-0.3, -0.25) is 0 Å². The van der Waals surface area contributed by atoms with Crippen molar-refractivity contribution in [3.8, 4) is 0 Å². The summed E-state index contributed by atoms with van der Waals surface area (Å²) in [5.41, 5.74) is 6.04. The van der Waals surface area contributed by atoms with Gasteiger partial charge in [-0.15, -0.1) is 0 Å². The average Bonchev–Trinajstić information content (AvgIpc) is 2.72. The van der Waals surface area contributed by atoms with Crippen LogP contribution in [0.2, 0.25) is 0 Å². The lowest BCUT2D eigenvalue weighted by molar-refractivity contribution is 0.345. The van der Waals surface area contributed by atoms with E-state index in [1.807, 2.05) is 0 Å². The Balaban J connectivity index is 1.95. The topological polar surface area (TPSA) is 68.2 Å². The molecule has 2 heterocycles.